The van der Waals surface area contributed by atoms with Gasteiger partial charge in [0.1, 0.15) is 5.75 Å². The van der Waals surface area contributed by atoms with Gasteiger partial charge < -0.3 is 15.2 Å². The van der Waals surface area contributed by atoms with Crippen LogP contribution in [0.1, 0.15) is 64.0 Å². The van der Waals surface area contributed by atoms with Crippen molar-refractivity contribution in [3.63, 3.8) is 0 Å². The van der Waals surface area contributed by atoms with E-state index in [0.29, 0.717) is 0 Å². The molecule has 0 amide bonds. The molecule has 0 aromatic heterocycles. The average Bonchev–Trinajstić information content (AvgIpc) is 2.73. The van der Waals surface area contributed by atoms with Crippen molar-refractivity contribution in [2.45, 2.75) is 70.1 Å². The summed E-state index contributed by atoms with van der Waals surface area (Å²) in [6.45, 7) is 4.08. The first-order valence-corrected chi connectivity index (χ1v) is 8.15. The van der Waals surface area contributed by atoms with Crippen LogP contribution in [0, 0.1) is 0 Å². The van der Waals surface area contributed by atoms with Crippen molar-refractivity contribution in [2.75, 3.05) is 7.11 Å². The highest BCUT2D eigenvalue weighted by Crippen LogP contribution is 2.41. The third kappa shape index (κ3) is 3.78. The Morgan fingerprint density at radius 2 is 1.67 bits per heavy atom. The maximum Gasteiger partial charge on any atom is 0.124 e. The number of benzene rings is 1. The monoisotopic (exact) mass is 291 g/mol. The predicted octanol–water partition coefficient (Wildman–Crippen LogP) is 4.21. The van der Waals surface area contributed by atoms with Gasteiger partial charge in [-0.05, 0) is 32.8 Å². The standard InChI is InChI=1S/C18H29NO2/c1-14(2)21-16-11-7-6-10-15(16)17(19)18(20-3)12-8-4-5-9-13-18/h6-7,10-11,14,17H,4-5,8-9,12-13,19H2,1-3H3. The highest BCUT2D eigenvalue weighted by molar-refractivity contribution is 5.37. The van der Waals surface area contributed by atoms with Crippen LogP contribution in [-0.4, -0.2) is 18.8 Å². The molecule has 1 aromatic rings. The molecule has 0 radical (unpaired) electrons. The minimum atomic E-state index is -0.257. The number of ether oxygens (including phenoxy) is 2. The van der Waals surface area contributed by atoms with Crippen LogP contribution in [0.3, 0.4) is 0 Å². The van der Waals surface area contributed by atoms with E-state index < -0.39 is 0 Å². The van der Waals surface area contributed by atoms with Gasteiger partial charge in [-0.3, -0.25) is 0 Å². The van der Waals surface area contributed by atoms with Crippen molar-refractivity contribution in [1.29, 1.82) is 0 Å². The molecule has 1 aliphatic rings. The highest BCUT2D eigenvalue weighted by Gasteiger charge is 2.39. The van der Waals surface area contributed by atoms with Gasteiger partial charge in [0.15, 0.2) is 0 Å². The average molecular weight is 291 g/mol. The molecule has 3 heteroatoms. The summed E-state index contributed by atoms with van der Waals surface area (Å²) in [5.74, 6) is 0.890. The molecule has 1 unspecified atom stereocenters. The largest absolute Gasteiger partial charge is 0.491 e. The van der Waals surface area contributed by atoms with Crippen LogP contribution in [0.2, 0.25) is 0 Å². The lowest BCUT2D eigenvalue weighted by atomic mass is 9.82. The zero-order chi connectivity index (χ0) is 15.3. The molecule has 3 nitrogen and oxygen atoms in total. The van der Waals surface area contributed by atoms with E-state index in [1.165, 1.54) is 25.7 Å². The summed E-state index contributed by atoms with van der Waals surface area (Å²) in [7, 11) is 1.80. The second kappa shape index (κ2) is 7.28. The van der Waals surface area contributed by atoms with Gasteiger partial charge in [0.25, 0.3) is 0 Å². The van der Waals surface area contributed by atoms with Crippen molar-refractivity contribution in [2.24, 2.45) is 5.73 Å². The molecule has 0 bridgehead atoms. The Morgan fingerprint density at radius 3 is 2.24 bits per heavy atom. The maximum atomic E-state index is 6.66. The number of hydrogen-bond acceptors (Lipinski definition) is 3. The quantitative estimate of drug-likeness (QED) is 0.826. The van der Waals surface area contributed by atoms with Gasteiger partial charge >= 0.3 is 0 Å². The normalized spacial score (nSPS) is 20.0. The van der Waals surface area contributed by atoms with Crippen molar-refractivity contribution in [3.8, 4) is 5.75 Å². The lowest BCUT2D eigenvalue weighted by Crippen LogP contribution is -2.43. The van der Waals surface area contributed by atoms with Crippen LogP contribution in [-0.2, 0) is 4.74 Å². The fourth-order valence-electron chi connectivity index (χ4n) is 3.35. The molecule has 1 aliphatic carbocycles. The van der Waals surface area contributed by atoms with Crippen molar-refractivity contribution >= 4 is 0 Å². The summed E-state index contributed by atoms with van der Waals surface area (Å²) in [4.78, 5) is 0. The third-order valence-corrected chi connectivity index (χ3v) is 4.54. The summed E-state index contributed by atoms with van der Waals surface area (Å²) >= 11 is 0. The first-order valence-electron chi connectivity index (χ1n) is 8.15. The van der Waals surface area contributed by atoms with Gasteiger partial charge in [0, 0.05) is 12.7 Å². The smallest absolute Gasteiger partial charge is 0.124 e. The fourth-order valence-corrected chi connectivity index (χ4v) is 3.35. The highest BCUT2D eigenvalue weighted by atomic mass is 16.5. The van der Waals surface area contributed by atoms with Crippen LogP contribution in [0.4, 0.5) is 0 Å². The fraction of sp³-hybridized carbons (Fsp3) is 0.667. The molecule has 2 rings (SSSR count). The molecule has 2 N–H and O–H groups in total. The van der Waals surface area contributed by atoms with E-state index >= 15 is 0 Å². The molecule has 118 valence electrons. The second-order valence-electron chi connectivity index (χ2n) is 6.37. The topological polar surface area (TPSA) is 44.5 Å². The van der Waals surface area contributed by atoms with Crippen LogP contribution in [0.5, 0.6) is 5.75 Å². The number of rotatable bonds is 5. The molecule has 21 heavy (non-hydrogen) atoms. The van der Waals surface area contributed by atoms with E-state index in [4.69, 9.17) is 15.2 Å². The van der Waals surface area contributed by atoms with Crippen molar-refractivity contribution < 1.29 is 9.47 Å². The molecule has 0 aliphatic heterocycles. The summed E-state index contributed by atoms with van der Waals surface area (Å²) in [6, 6.07) is 7.97. The first kappa shape index (κ1) is 16.3. The van der Waals surface area contributed by atoms with Crippen LogP contribution in [0.25, 0.3) is 0 Å². The predicted molar refractivity (Wildman–Crippen MR) is 86.6 cm³/mol. The summed E-state index contributed by atoms with van der Waals surface area (Å²) in [6.07, 6.45) is 7.14. The molecule has 0 heterocycles. The zero-order valence-electron chi connectivity index (χ0n) is 13.6. The Kier molecular flexibility index (Phi) is 5.65. The molecule has 1 atom stereocenters. The molecule has 0 spiro atoms. The number of methoxy groups -OCH3 is 1. The maximum absolute atomic E-state index is 6.66. The lowest BCUT2D eigenvalue weighted by Gasteiger charge is -2.38. The molecular formula is C18H29NO2. The number of para-hydroxylation sites is 1. The van der Waals surface area contributed by atoms with E-state index in [1.54, 1.807) is 7.11 Å². The van der Waals surface area contributed by atoms with Crippen LogP contribution >= 0.6 is 0 Å². The third-order valence-electron chi connectivity index (χ3n) is 4.54. The Bertz CT molecular complexity index is 437. The van der Waals surface area contributed by atoms with Gasteiger partial charge in [-0.15, -0.1) is 0 Å². The first-order chi connectivity index (χ1) is 10.1. The van der Waals surface area contributed by atoms with Gasteiger partial charge in [0.05, 0.1) is 17.7 Å². The minimum Gasteiger partial charge on any atom is -0.491 e. The lowest BCUT2D eigenvalue weighted by molar-refractivity contribution is -0.0448. The van der Waals surface area contributed by atoms with E-state index in [1.807, 2.05) is 32.0 Å². The Balaban J connectivity index is 2.30. The molecular weight excluding hydrogens is 262 g/mol. The zero-order valence-corrected chi connectivity index (χ0v) is 13.6. The number of hydrogen-bond donors (Lipinski definition) is 1. The second-order valence-corrected chi connectivity index (χ2v) is 6.37. The minimum absolute atomic E-state index is 0.143. The van der Waals surface area contributed by atoms with Crippen molar-refractivity contribution in [1.82, 2.24) is 0 Å². The van der Waals surface area contributed by atoms with Gasteiger partial charge in [-0.25, -0.2) is 0 Å². The summed E-state index contributed by atoms with van der Waals surface area (Å²) < 4.78 is 11.9. The van der Waals surface area contributed by atoms with Crippen LogP contribution in [0.15, 0.2) is 24.3 Å². The molecule has 1 aromatic carbocycles. The van der Waals surface area contributed by atoms with E-state index in [0.717, 1.165) is 24.2 Å². The summed E-state index contributed by atoms with van der Waals surface area (Å²) in [5, 5.41) is 0. The molecule has 1 fully saturated rings. The van der Waals surface area contributed by atoms with E-state index in [2.05, 4.69) is 6.07 Å². The van der Waals surface area contributed by atoms with E-state index in [9.17, 15) is 0 Å². The van der Waals surface area contributed by atoms with Crippen LogP contribution < -0.4 is 10.5 Å². The Morgan fingerprint density at radius 1 is 1.05 bits per heavy atom. The Labute approximate surface area is 128 Å². The number of nitrogens with two attached hydrogens (primary N) is 1. The molecule has 1 saturated carbocycles. The van der Waals surface area contributed by atoms with Gasteiger partial charge in [-0.1, -0.05) is 43.9 Å². The van der Waals surface area contributed by atoms with Crippen molar-refractivity contribution in [3.05, 3.63) is 29.8 Å². The summed E-state index contributed by atoms with van der Waals surface area (Å²) in [5.41, 5.74) is 7.46. The Hall–Kier alpha value is -1.06. The van der Waals surface area contributed by atoms with Gasteiger partial charge in [-0.2, -0.15) is 0 Å². The van der Waals surface area contributed by atoms with E-state index in [-0.39, 0.29) is 17.7 Å². The van der Waals surface area contributed by atoms with Gasteiger partial charge in [0.2, 0.25) is 0 Å². The molecule has 0 saturated heterocycles. The SMILES string of the molecule is COC1(C(N)c2ccccc2OC(C)C)CCCCCC1.